The third-order valence-electron chi connectivity index (χ3n) is 6.73. The number of hydrogen-bond acceptors (Lipinski definition) is 10. The van der Waals surface area contributed by atoms with Crippen molar-refractivity contribution in [3.05, 3.63) is 84.4 Å². The SMILES string of the molecule is CN(C)CCCCOc1ccc(Nc2ncnc(N3CCN(c4ncc(Cc5ccccc5)cn4)CC3)n2)cc1. The first-order chi connectivity index (χ1) is 19.6. The molecule has 3 heterocycles. The van der Waals surface area contributed by atoms with Crippen LogP contribution in [0, 0.1) is 0 Å². The first kappa shape index (κ1) is 27.3. The summed E-state index contributed by atoms with van der Waals surface area (Å²) in [6.45, 7) is 4.94. The molecule has 4 aromatic rings. The van der Waals surface area contributed by atoms with Crippen LogP contribution in [-0.4, -0.2) is 83.2 Å². The molecule has 0 bridgehead atoms. The molecule has 0 unspecified atom stereocenters. The third kappa shape index (κ3) is 7.86. The Kier molecular flexibility index (Phi) is 9.31. The molecule has 10 heteroatoms. The molecule has 1 saturated heterocycles. The first-order valence-corrected chi connectivity index (χ1v) is 13.8. The molecule has 1 aliphatic rings. The van der Waals surface area contributed by atoms with Crippen LogP contribution in [0.1, 0.15) is 24.0 Å². The first-order valence-electron chi connectivity index (χ1n) is 13.8. The van der Waals surface area contributed by atoms with Gasteiger partial charge in [0.2, 0.25) is 17.8 Å². The van der Waals surface area contributed by atoms with Gasteiger partial charge in [0.25, 0.3) is 0 Å². The maximum atomic E-state index is 5.85. The van der Waals surface area contributed by atoms with Gasteiger partial charge in [0, 0.05) is 50.7 Å². The zero-order valence-corrected chi connectivity index (χ0v) is 23.3. The van der Waals surface area contributed by atoms with Gasteiger partial charge < -0.3 is 24.8 Å². The van der Waals surface area contributed by atoms with Crippen LogP contribution in [0.4, 0.5) is 23.5 Å². The number of rotatable bonds is 12. The highest BCUT2D eigenvalue weighted by molar-refractivity contribution is 5.55. The molecule has 2 aromatic carbocycles. The quantitative estimate of drug-likeness (QED) is 0.266. The molecule has 5 rings (SSSR count). The normalized spacial score (nSPS) is 13.5. The van der Waals surface area contributed by atoms with Crippen molar-refractivity contribution in [3.8, 4) is 5.75 Å². The highest BCUT2D eigenvalue weighted by atomic mass is 16.5. The van der Waals surface area contributed by atoms with Gasteiger partial charge in [0.1, 0.15) is 12.1 Å². The molecule has 1 N–H and O–H groups in total. The van der Waals surface area contributed by atoms with Crippen LogP contribution in [0.15, 0.2) is 73.3 Å². The van der Waals surface area contributed by atoms with Crippen molar-refractivity contribution in [1.29, 1.82) is 0 Å². The van der Waals surface area contributed by atoms with Gasteiger partial charge in [-0.15, -0.1) is 0 Å². The van der Waals surface area contributed by atoms with Crippen molar-refractivity contribution in [2.45, 2.75) is 19.3 Å². The minimum Gasteiger partial charge on any atom is -0.494 e. The summed E-state index contributed by atoms with van der Waals surface area (Å²) >= 11 is 0. The summed E-state index contributed by atoms with van der Waals surface area (Å²) in [5, 5.41) is 3.28. The lowest BCUT2D eigenvalue weighted by Crippen LogP contribution is -2.47. The van der Waals surface area contributed by atoms with E-state index in [2.05, 4.69) is 83.3 Å². The topological polar surface area (TPSA) is 95.4 Å². The van der Waals surface area contributed by atoms with Crippen LogP contribution >= 0.6 is 0 Å². The number of ether oxygens (including phenoxy) is 1. The minimum absolute atomic E-state index is 0.516. The monoisotopic (exact) mass is 539 g/mol. The molecule has 1 aliphatic heterocycles. The fraction of sp³-hybridized carbons (Fsp3) is 0.367. The molecular formula is C30H37N9O. The zero-order valence-electron chi connectivity index (χ0n) is 23.3. The van der Waals surface area contributed by atoms with Gasteiger partial charge in [-0.2, -0.15) is 4.98 Å². The average molecular weight is 540 g/mol. The number of hydrogen-bond donors (Lipinski definition) is 1. The van der Waals surface area contributed by atoms with Crippen molar-refractivity contribution in [3.63, 3.8) is 0 Å². The standard InChI is InChI=1S/C30H37N9O/c1-37(2)14-6-7-19-40-27-12-10-26(11-13-27)35-28-33-23-34-30(36-28)39-17-15-38(16-18-39)29-31-21-25(22-32-29)20-24-8-4-3-5-9-24/h3-5,8-13,21-23H,6-7,14-20H2,1-2H3,(H,33,34,35,36). The van der Waals surface area contributed by atoms with E-state index in [0.29, 0.717) is 11.9 Å². The van der Waals surface area contributed by atoms with E-state index in [-0.39, 0.29) is 0 Å². The van der Waals surface area contributed by atoms with Crippen molar-refractivity contribution in [2.75, 3.05) is 68.5 Å². The van der Waals surface area contributed by atoms with Gasteiger partial charge in [0.05, 0.1) is 6.61 Å². The van der Waals surface area contributed by atoms with Crippen LogP contribution in [-0.2, 0) is 6.42 Å². The van der Waals surface area contributed by atoms with Gasteiger partial charge in [-0.1, -0.05) is 30.3 Å². The molecule has 0 radical (unpaired) electrons. The summed E-state index contributed by atoms with van der Waals surface area (Å²) < 4.78 is 5.85. The van der Waals surface area contributed by atoms with E-state index in [1.54, 1.807) is 6.33 Å². The van der Waals surface area contributed by atoms with Gasteiger partial charge >= 0.3 is 0 Å². The van der Waals surface area contributed by atoms with E-state index in [9.17, 15) is 0 Å². The maximum absolute atomic E-state index is 5.85. The molecule has 2 aromatic heterocycles. The second-order valence-corrected chi connectivity index (χ2v) is 10.1. The fourth-order valence-electron chi connectivity index (χ4n) is 4.52. The Hall–Kier alpha value is -4.31. The van der Waals surface area contributed by atoms with E-state index in [4.69, 9.17) is 4.74 Å². The highest BCUT2D eigenvalue weighted by Crippen LogP contribution is 2.20. The van der Waals surface area contributed by atoms with Gasteiger partial charge in [-0.25, -0.2) is 19.9 Å². The Balaban J connectivity index is 1.09. The summed E-state index contributed by atoms with van der Waals surface area (Å²) in [4.78, 5) is 29.2. The third-order valence-corrected chi connectivity index (χ3v) is 6.73. The van der Waals surface area contributed by atoms with E-state index in [0.717, 1.165) is 81.5 Å². The molecule has 0 spiro atoms. The molecule has 0 atom stereocenters. The van der Waals surface area contributed by atoms with Crippen molar-refractivity contribution >= 4 is 23.5 Å². The summed E-state index contributed by atoms with van der Waals surface area (Å²) in [6.07, 6.45) is 8.40. The highest BCUT2D eigenvalue weighted by Gasteiger charge is 2.21. The summed E-state index contributed by atoms with van der Waals surface area (Å²) in [5.74, 6) is 2.80. The van der Waals surface area contributed by atoms with Crippen LogP contribution in [0.2, 0.25) is 0 Å². The van der Waals surface area contributed by atoms with Gasteiger partial charge in [0.15, 0.2) is 0 Å². The molecule has 0 aliphatic carbocycles. The number of piperazine rings is 1. The van der Waals surface area contributed by atoms with Gasteiger partial charge in [-0.3, -0.25) is 0 Å². The van der Waals surface area contributed by atoms with Crippen LogP contribution < -0.4 is 19.9 Å². The van der Waals surface area contributed by atoms with Crippen molar-refractivity contribution in [1.82, 2.24) is 29.8 Å². The molecule has 208 valence electrons. The number of unbranched alkanes of at least 4 members (excludes halogenated alkanes) is 1. The Morgan fingerprint density at radius 2 is 1.48 bits per heavy atom. The number of benzene rings is 2. The lowest BCUT2D eigenvalue weighted by atomic mass is 10.1. The maximum Gasteiger partial charge on any atom is 0.231 e. The largest absolute Gasteiger partial charge is 0.494 e. The van der Waals surface area contributed by atoms with E-state index in [1.807, 2.05) is 42.7 Å². The Morgan fingerprint density at radius 1 is 0.775 bits per heavy atom. The van der Waals surface area contributed by atoms with Crippen molar-refractivity contribution < 1.29 is 4.74 Å². The van der Waals surface area contributed by atoms with Crippen LogP contribution in [0.5, 0.6) is 5.75 Å². The minimum atomic E-state index is 0.516. The fourth-order valence-corrected chi connectivity index (χ4v) is 4.52. The Labute approximate surface area is 236 Å². The summed E-state index contributed by atoms with van der Waals surface area (Å²) in [6, 6.07) is 18.3. The molecule has 10 nitrogen and oxygen atoms in total. The second kappa shape index (κ2) is 13.7. The zero-order chi connectivity index (χ0) is 27.6. The molecule has 1 fully saturated rings. The van der Waals surface area contributed by atoms with E-state index in [1.165, 1.54) is 5.56 Å². The smallest absolute Gasteiger partial charge is 0.231 e. The number of anilines is 4. The van der Waals surface area contributed by atoms with E-state index >= 15 is 0 Å². The molecule has 0 amide bonds. The number of nitrogens with one attached hydrogen (secondary N) is 1. The van der Waals surface area contributed by atoms with Crippen LogP contribution in [0.3, 0.4) is 0 Å². The number of aromatic nitrogens is 5. The summed E-state index contributed by atoms with van der Waals surface area (Å²) in [5.41, 5.74) is 3.26. The molecule has 0 saturated carbocycles. The molecular weight excluding hydrogens is 502 g/mol. The number of nitrogens with zero attached hydrogens (tertiary/aromatic N) is 8. The van der Waals surface area contributed by atoms with Gasteiger partial charge in [-0.05, 0) is 68.9 Å². The Bertz CT molecular complexity index is 1310. The summed E-state index contributed by atoms with van der Waals surface area (Å²) in [7, 11) is 4.18. The van der Waals surface area contributed by atoms with E-state index < -0.39 is 0 Å². The predicted molar refractivity (Wildman–Crippen MR) is 159 cm³/mol. The van der Waals surface area contributed by atoms with Crippen molar-refractivity contribution in [2.24, 2.45) is 0 Å². The second-order valence-electron chi connectivity index (χ2n) is 10.1. The predicted octanol–water partition coefficient (Wildman–Crippen LogP) is 4.04. The molecule has 40 heavy (non-hydrogen) atoms. The Morgan fingerprint density at radius 3 is 2.17 bits per heavy atom. The van der Waals surface area contributed by atoms with Crippen LogP contribution in [0.25, 0.3) is 0 Å². The lowest BCUT2D eigenvalue weighted by molar-refractivity contribution is 0.293. The lowest BCUT2D eigenvalue weighted by Gasteiger charge is -2.34. The average Bonchev–Trinajstić information content (AvgIpc) is 2.99.